The van der Waals surface area contributed by atoms with Crippen LogP contribution in [0.4, 0.5) is 0 Å². The van der Waals surface area contributed by atoms with E-state index in [4.69, 9.17) is 10.5 Å². The van der Waals surface area contributed by atoms with Crippen molar-refractivity contribution >= 4 is 0 Å². The number of hydrogen-bond donors (Lipinski definition) is 2. The van der Waals surface area contributed by atoms with Gasteiger partial charge in [0.25, 0.3) is 0 Å². The average Bonchev–Trinajstić information content (AvgIpc) is 2.06. The second-order valence-corrected chi connectivity index (χ2v) is 2.97. The minimum Gasteiger partial charge on any atom is -0.481 e. The van der Waals surface area contributed by atoms with Crippen molar-refractivity contribution in [1.82, 2.24) is 5.32 Å². The van der Waals surface area contributed by atoms with E-state index in [1.165, 1.54) is 5.57 Å². The third kappa shape index (κ3) is 1.40. The molecule has 0 saturated heterocycles. The molecule has 1 aliphatic rings. The van der Waals surface area contributed by atoms with Gasteiger partial charge in [0.2, 0.25) is 5.88 Å². The van der Waals surface area contributed by atoms with E-state index in [1.54, 1.807) is 7.11 Å². The molecule has 3 heteroatoms. The molecule has 3 N–H and O–H groups in total. The van der Waals surface area contributed by atoms with Gasteiger partial charge in [-0.3, -0.25) is 0 Å². The second-order valence-electron chi connectivity index (χ2n) is 2.97. The molecule has 0 aliphatic carbocycles. The number of methoxy groups -OCH3 is 1. The fraction of sp³-hybridized carbons (Fsp3) is 0.556. The summed E-state index contributed by atoms with van der Waals surface area (Å²) < 4.78 is 5.09. The van der Waals surface area contributed by atoms with Crippen molar-refractivity contribution in [3.63, 3.8) is 0 Å². The summed E-state index contributed by atoms with van der Waals surface area (Å²) in [4.78, 5) is 0. The van der Waals surface area contributed by atoms with Crippen LogP contribution in [0.2, 0.25) is 0 Å². The Morgan fingerprint density at radius 3 is 2.83 bits per heavy atom. The van der Waals surface area contributed by atoms with E-state index < -0.39 is 0 Å². The summed E-state index contributed by atoms with van der Waals surface area (Å²) in [7, 11) is 1.62. The van der Waals surface area contributed by atoms with Crippen molar-refractivity contribution in [2.75, 3.05) is 13.7 Å². The number of nitrogens with one attached hydrogen (secondary N) is 1. The molecule has 1 rings (SSSR count). The van der Waals surface area contributed by atoms with Crippen molar-refractivity contribution in [2.24, 2.45) is 11.7 Å². The first-order valence-electron chi connectivity index (χ1n) is 4.14. The highest BCUT2D eigenvalue weighted by molar-refractivity contribution is 5.34. The van der Waals surface area contributed by atoms with Crippen LogP contribution in [0.25, 0.3) is 0 Å². The summed E-state index contributed by atoms with van der Waals surface area (Å²) in [5.74, 6) is 1.16. The Morgan fingerprint density at radius 1 is 1.67 bits per heavy atom. The zero-order valence-electron chi connectivity index (χ0n) is 7.85. The fourth-order valence-electron chi connectivity index (χ4n) is 1.47. The van der Waals surface area contributed by atoms with Crippen LogP contribution in [-0.2, 0) is 4.74 Å². The van der Waals surface area contributed by atoms with Gasteiger partial charge in [-0.15, -0.1) is 0 Å². The normalized spacial score (nSPS) is 27.2. The Kier molecular flexibility index (Phi) is 2.63. The van der Waals surface area contributed by atoms with Gasteiger partial charge in [-0.05, 0) is 12.5 Å². The highest BCUT2D eigenvalue weighted by atomic mass is 16.5. The Hall–Kier alpha value is -1.12. The number of allylic oxidation sites excluding steroid dienone is 2. The van der Waals surface area contributed by atoms with Crippen LogP contribution in [0.5, 0.6) is 0 Å². The zero-order valence-corrected chi connectivity index (χ0v) is 7.85. The van der Waals surface area contributed by atoms with Crippen LogP contribution in [0.1, 0.15) is 13.8 Å². The molecule has 0 aromatic heterocycles. The molecule has 1 atom stereocenters. The maximum atomic E-state index is 5.86. The van der Waals surface area contributed by atoms with E-state index in [9.17, 15) is 0 Å². The molecule has 0 bridgehead atoms. The molecular formula is C9H16N2O. The van der Waals surface area contributed by atoms with Gasteiger partial charge in [-0.1, -0.05) is 13.0 Å². The van der Waals surface area contributed by atoms with Crippen molar-refractivity contribution in [1.29, 1.82) is 0 Å². The van der Waals surface area contributed by atoms with E-state index in [2.05, 4.69) is 12.2 Å². The van der Waals surface area contributed by atoms with Crippen LogP contribution in [0, 0.1) is 5.92 Å². The quantitative estimate of drug-likeness (QED) is 0.612. The fourth-order valence-corrected chi connectivity index (χ4v) is 1.47. The lowest BCUT2D eigenvalue weighted by Gasteiger charge is -2.25. The Balaban J connectivity index is 2.97. The second kappa shape index (κ2) is 3.52. The molecular weight excluding hydrogens is 152 g/mol. The van der Waals surface area contributed by atoms with E-state index in [0.717, 1.165) is 12.2 Å². The van der Waals surface area contributed by atoms with Gasteiger partial charge in [0.1, 0.15) is 0 Å². The van der Waals surface area contributed by atoms with Gasteiger partial charge >= 0.3 is 0 Å². The molecule has 3 nitrogen and oxygen atoms in total. The van der Waals surface area contributed by atoms with Crippen molar-refractivity contribution in [3.05, 3.63) is 23.2 Å². The Morgan fingerprint density at radius 2 is 2.33 bits per heavy atom. The summed E-state index contributed by atoms with van der Waals surface area (Å²) in [6, 6.07) is 0. The topological polar surface area (TPSA) is 47.3 Å². The summed E-state index contributed by atoms with van der Waals surface area (Å²) in [6.45, 7) is 5.03. The van der Waals surface area contributed by atoms with E-state index in [-0.39, 0.29) is 0 Å². The van der Waals surface area contributed by atoms with Gasteiger partial charge in [0.05, 0.1) is 12.8 Å². The monoisotopic (exact) mass is 168 g/mol. The molecule has 0 aromatic rings. The standard InChI is InChI=1S/C9H16N2O/c1-4-7-6(2)5-11-9(12-3)8(7)10/h4,6,11H,5,10H2,1-3H3/b7-4+. The van der Waals surface area contributed by atoms with Gasteiger partial charge in [0.15, 0.2) is 0 Å². The maximum absolute atomic E-state index is 5.86. The summed E-state index contributed by atoms with van der Waals surface area (Å²) in [6.07, 6.45) is 2.04. The van der Waals surface area contributed by atoms with E-state index in [1.807, 2.05) is 13.0 Å². The highest BCUT2D eigenvalue weighted by Gasteiger charge is 2.20. The van der Waals surface area contributed by atoms with Gasteiger partial charge in [-0.25, -0.2) is 0 Å². The Labute approximate surface area is 73.3 Å². The van der Waals surface area contributed by atoms with Crippen LogP contribution in [0.3, 0.4) is 0 Å². The third-order valence-corrected chi connectivity index (χ3v) is 2.17. The maximum Gasteiger partial charge on any atom is 0.210 e. The number of ether oxygens (including phenoxy) is 1. The lowest BCUT2D eigenvalue weighted by atomic mass is 9.95. The number of hydrogen-bond acceptors (Lipinski definition) is 3. The molecule has 68 valence electrons. The van der Waals surface area contributed by atoms with Crippen LogP contribution >= 0.6 is 0 Å². The zero-order chi connectivity index (χ0) is 9.14. The molecule has 1 heterocycles. The first-order valence-corrected chi connectivity index (χ1v) is 4.14. The lowest BCUT2D eigenvalue weighted by Crippen LogP contribution is -2.33. The smallest absolute Gasteiger partial charge is 0.210 e. The predicted molar refractivity (Wildman–Crippen MR) is 49.1 cm³/mol. The Bertz CT molecular complexity index is 231. The summed E-state index contributed by atoms with van der Waals surface area (Å²) in [5.41, 5.74) is 7.77. The minimum absolute atomic E-state index is 0.467. The summed E-state index contributed by atoms with van der Waals surface area (Å²) >= 11 is 0. The molecule has 1 unspecified atom stereocenters. The van der Waals surface area contributed by atoms with Crippen LogP contribution in [0.15, 0.2) is 23.2 Å². The van der Waals surface area contributed by atoms with Crippen LogP contribution < -0.4 is 11.1 Å². The molecule has 12 heavy (non-hydrogen) atoms. The molecule has 0 saturated carbocycles. The molecule has 0 amide bonds. The first kappa shape index (κ1) is 8.97. The van der Waals surface area contributed by atoms with Gasteiger partial charge in [-0.2, -0.15) is 0 Å². The lowest BCUT2D eigenvalue weighted by molar-refractivity contribution is 0.246. The molecule has 0 aromatic carbocycles. The van der Waals surface area contributed by atoms with Gasteiger partial charge in [0, 0.05) is 12.5 Å². The van der Waals surface area contributed by atoms with Crippen molar-refractivity contribution < 1.29 is 4.74 Å². The number of nitrogens with two attached hydrogens (primary N) is 1. The molecule has 0 radical (unpaired) electrons. The highest BCUT2D eigenvalue weighted by Crippen LogP contribution is 2.22. The SMILES string of the molecule is C/C=C1/C(N)=C(OC)NCC1C. The van der Waals surface area contributed by atoms with Crippen molar-refractivity contribution in [3.8, 4) is 0 Å². The average molecular weight is 168 g/mol. The number of rotatable bonds is 1. The third-order valence-electron chi connectivity index (χ3n) is 2.17. The van der Waals surface area contributed by atoms with Gasteiger partial charge < -0.3 is 15.8 Å². The van der Waals surface area contributed by atoms with Crippen molar-refractivity contribution in [2.45, 2.75) is 13.8 Å². The van der Waals surface area contributed by atoms with E-state index >= 15 is 0 Å². The molecule has 0 fully saturated rings. The molecule has 1 aliphatic heterocycles. The molecule has 0 spiro atoms. The van der Waals surface area contributed by atoms with E-state index in [0.29, 0.717) is 11.8 Å². The largest absolute Gasteiger partial charge is 0.481 e. The predicted octanol–water partition coefficient (Wildman–Crippen LogP) is 0.946. The summed E-state index contributed by atoms with van der Waals surface area (Å²) in [5, 5.41) is 3.12. The van der Waals surface area contributed by atoms with Crippen LogP contribution in [-0.4, -0.2) is 13.7 Å². The minimum atomic E-state index is 0.467. The first-order chi connectivity index (χ1) is 5.70.